The minimum atomic E-state index is -2.17. The first-order valence-electron chi connectivity index (χ1n) is 21.3. The van der Waals surface area contributed by atoms with Gasteiger partial charge in [-0.3, -0.25) is 5.26 Å². The van der Waals surface area contributed by atoms with Gasteiger partial charge in [0.25, 0.3) is 0 Å². The molecule has 0 amide bonds. The molecule has 22 fully saturated rings. The van der Waals surface area contributed by atoms with Gasteiger partial charge in [0.15, 0.2) is 43.8 Å². The monoisotopic (exact) mass is 988 g/mol. The average molecular weight is 989 g/mol. The SMILES string of the molecule is OC[C@H]1O[C@@H]2O[C@H]3[C@H](O)[C@@H](O)[C@@H](O[C@H]4[C@H](O)[C@@H](O)[C@@H](O[C@H]5[C@H](O)[C@@H](O)[C@@H](O[C@H]6[C@H](O)[C@@H](O)[C@@H](O[C@H]7[C@H](O)[C@@H](O)[C@@H](O[C@@H]1[C@H](OO)[C@H]2O)O[C@@H]7CO)O[C@@H]6CO)O[C@@H]5CO)O[C@@H]4CO)O[C@@H]3CO. The van der Waals surface area contributed by atoms with Crippen molar-refractivity contribution in [3.63, 3.8) is 0 Å². The summed E-state index contributed by atoms with van der Waals surface area (Å²) in [6.45, 7) is -6.07. The molecule has 0 saturated carbocycles. The third kappa shape index (κ3) is 10.4. The molecule has 0 aromatic heterocycles. The van der Waals surface area contributed by atoms with Crippen molar-refractivity contribution in [2.45, 2.75) is 184 Å². The van der Waals surface area contributed by atoms with E-state index in [1.54, 1.807) is 0 Å². The van der Waals surface area contributed by atoms with Crippen LogP contribution in [0, 0.1) is 0 Å². The van der Waals surface area contributed by atoms with E-state index >= 15 is 0 Å². The Morgan fingerprint density at radius 3 is 0.612 bits per heavy atom. The number of rotatable bonds is 7. The van der Waals surface area contributed by atoms with E-state index < -0.39 is 224 Å². The standard InChI is InChI=1S/C36H60O31/c37-1-7-24-13(43)18(48)31(55-7)62-25-8(2-38)57-33(20(50)15(25)45)64-27-10(4-40)59-35(22(52)17(27)47)66-29-12(6-42)60-36(23(53)30(29)67-54)65-28-11(5-41)58-34(21(51)16(28)46)63-26-9(3-39)56-32(61-24)19(49)14(26)44/h7-54H,1-6H2/t7-,8-,9-,10-,11-,12-,13-,14-,15-,16-,17-,18-,19-,20-,21-,22-,23-,24-,25-,26-,27-,28-,29+,30-,31-,32-,33-,34-,35-,36-/m1/s1. The Morgan fingerprint density at radius 2 is 0.418 bits per heavy atom. The van der Waals surface area contributed by atoms with Crippen LogP contribution in [0.4, 0.5) is 0 Å². The Morgan fingerprint density at radius 1 is 0.239 bits per heavy atom. The molecule has 390 valence electrons. The van der Waals surface area contributed by atoms with Crippen LogP contribution in [0.25, 0.3) is 0 Å². The van der Waals surface area contributed by atoms with Crippen LogP contribution in [0.2, 0.25) is 0 Å². The summed E-state index contributed by atoms with van der Waals surface area (Å²) in [6, 6.07) is 0. The van der Waals surface area contributed by atoms with Gasteiger partial charge in [-0.15, -0.1) is 0 Å². The predicted molar refractivity (Wildman–Crippen MR) is 197 cm³/mol. The second-order valence-corrected chi connectivity index (χ2v) is 16.9. The molecule has 0 spiro atoms. The molecule has 22 aliphatic heterocycles. The minimum absolute atomic E-state index is 1.00. The van der Waals surface area contributed by atoms with Gasteiger partial charge >= 0.3 is 0 Å². The van der Waals surface area contributed by atoms with Gasteiger partial charge in [0.1, 0.15) is 140 Å². The van der Waals surface area contributed by atoms with Gasteiger partial charge in [-0.05, 0) is 0 Å². The fraction of sp³-hybridized carbons (Fsp3) is 1.00. The molecule has 12 bridgehead atoms. The zero-order valence-corrected chi connectivity index (χ0v) is 34.9. The van der Waals surface area contributed by atoms with Crippen molar-refractivity contribution in [2.75, 3.05) is 39.6 Å². The lowest BCUT2D eigenvalue weighted by Gasteiger charge is -2.50. The maximum absolute atomic E-state index is 11.3. The second-order valence-electron chi connectivity index (χ2n) is 16.9. The topological polar surface area (TPSA) is 484 Å². The Hall–Kier alpha value is -1.24. The fourth-order valence-corrected chi connectivity index (χ4v) is 9.03. The molecule has 0 unspecified atom stereocenters. The smallest absolute Gasteiger partial charge is 0.187 e. The largest absolute Gasteiger partial charge is 0.394 e. The Bertz CT molecular complexity index is 1530. The molecule has 22 rings (SSSR count). The first-order valence-corrected chi connectivity index (χ1v) is 21.3. The lowest BCUT2D eigenvalue weighted by Crippen LogP contribution is -2.69. The van der Waals surface area contributed by atoms with E-state index in [1.807, 2.05) is 0 Å². The van der Waals surface area contributed by atoms with Crippen molar-refractivity contribution < 1.29 is 154 Å². The molecular formula is C36H60O31. The van der Waals surface area contributed by atoms with Crippen LogP contribution in [0.1, 0.15) is 0 Å². The van der Waals surface area contributed by atoms with Crippen molar-refractivity contribution in [1.29, 1.82) is 0 Å². The lowest BCUT2D eigenvalue weighted by molar-refractivity contribution is -0.421. The number of aliphatic hydroxyl groups is 17. The van der Waals surface area contributed by atoms with Crippen LogP contribution < -0.4 is 0 Å². The summed E-state index contributed by atoms with van der Waals surface area (Å²) in [7, 11) is 0. The van der Waals surface area contributed by atoms with Crippen LogP contribution in [0.5, 0.6) is 0 Å². The van der Waals surface area contributed by atoms with Crippen LogP contribution in [-0.2, 0) is 61.7 Å². The number of hydrogen-bond donors (Lipinski definition) is 18. The van der Waals surface area contributed by atoms with Crippen molar-refractivity contribution in [1.82, 2.24) is 0 Å². The normalized spacial score (nSPS) is 54.7. The summed E-state index contributed by atoms with van der Waals surface area (Å²) >= 11 is 0. The lowest BCUT2D eigenvalue weighted by atomic mass is 9.94. The molecule has 31 heteroatoms. The molecule has 18 N–H and O–H groups in total. The van der Waals surface area contributed by atoms with Gasteiger partial charge in [-0.25, -0.2) is 4.89 Å². The van der Waals surface area contributed by atoms with E-state index in [2.05, 4.69) is 4.89 Å². The van der Waals surface area contributed by atoms with E-state index in [0.717, 1.165) is 0 Å². The molecule has 22 heterocycles. The molecule has 0 aliphatic carbocycles. The number of ether oxygens (including phenoxy) is 12. The zero-order valence-electron chi connectivity index (χ0n) is 34.9. The third-order valence-corrected chi connectivity index (χ3v) is 12.8. The van der Waals surface area contributed by atoms with Gasteiger partial charge < -0.3 is 144 Å². The molecule has 67 heavy (non-hydrogen) atoms. The molecule has 0 aromatic carbocycles. The summed E-state index contributed by atoms with van der Waals surface area (Å²) in [5.41, 5.74) is 0. The maximum atomic E-state index is 11.3. The number of aliphatic hydroxyl groups excluding tert-OH is 17. The Kier molecular flexibility index (Phi) is 18.1. The molecule has 0 radical (unpaired) electrons. The third-order valence-electron chi connectivity index (χ3n) is 12.8. The van der Waals surface area contributed by atoms with Crippen LogP contribution >= 0.6 is 0 Å². The molecule has 22 saturated heterocycles. The molecule has 30 atom stereocenters. The van der Waals surface area contributed by atoms with Crippen molar-refractivity contribution in [2.24, 2.45) is 0 Å². The van der Waals surface area contributed by atoms with Crippen molar-refractivity contribution >= 4 is 0 Å². The molecule has 22 aliphatic rings. The Labute approximate surface area is 377 Å². The highest BCUT2D eigenvalue weighted by Gasteiger charge is 2.59. The summed E-state index contributed by atoms with van der Waals surface area (Å²) in [4.78, 5) is 4.46. The first kappa shape index (κ1) is 53.6. The van der Waals surface area contributed by atoms with E-state index in [-0.39, 0.29) is 0 Å². The zero-order chi connectivity index (χ0) is 48.8. The fourth-order valence-electron chi connectivity index (χ4n) is 9.03. The van der Waals surface area contributed by atoms with Crippen LogP contribution in [-0.4, -0.2) is 316 Å². The highest BCUT2D eigenvalue weighted by Crippen LogP contribution is 2.38. The first-order chi connectivity index (χ1) is 32.0. The van der Waals surface area contributed by atoms with E-state index in [0.29, 0.717) is 0 Å². The summed E-state index contributed by atoms with van der Waals surface area (Å²) < 4.78 is 68.0. The molecule has 31 nitrogen and oxygen atoms in total. The quantitative estimate of drug-likeness (QED) is 0.0832. The summed E-state index contributed by atoms with van der Waals surface area (Å²) in [5.74, 6) is 0. The average Bonchev–Trinajstić information content (AvgIpc) is 3.32. The second kappa shape index (κ2) is 22.7. The highest BCUT2D eigenvalue weighted by molar-refractivity contribution is 5.01. The maximum Gasteiger partial charge on any atom is 0.187 e. The van der Waals surface area contributed by atoms with Gasteiger partial charge in [0.2, 0.25) is 0 Å². The molecular weight excluding hydrogens is 928 g/mol. The van der Waals surface area contributed by atoms with E-state index in [9.17, 15) is 92.1 Å². The Balaban J connectivity index is 1.20. The summed E-state index contributed by atoms with van der Waals surface area (Å²) in [6.07, 6.45) is -58.8. The number of hydrogen-bond acceptors (Lipinski definition) is 31. The van der Waals surface area contributed by atoms with Gasteiger partial charge in [0, 0.05) is 0 Å². The predicted octanol–water partition coefficient (Wildman–Crippen LogP) is -12.6. The van der Waals surface area contributed by atoms with Gasteiger partial charge in [-0.1, -0.05) is 0 Å². The minimum Gasteiger partial charge on any atom is -0.394 e. The summed E-state index contributed by atoms with van der Waals surface area (Å²) in [5, 5.41) is 195. The highest BCUT2D eigenvalue weighted by atomic mass is 17.1. The van der Waals surface area contributed by atoms with Crippen LogP contribution in [0.3, 0.4) is 0 Å². The molecule has 0 aromatic rings. The van der Waals surface area contributed by atoms with Crippen molar-refractivity contribution in [3.05, 3.63) is 0 Å². The van der Waals surface area contributed by atoms with Crippen molar-refractivity contribution in [3.8, 4) is 0 Å². The van der Waals surface area contributed by atoms with Gasteiger partial charge in [0.05, 0.1) is 39.6 Å². The van der Waals surface area contributed by atoms with E-state index in [1.165, 1.54) is 0 Å². The van der Waals surface area contributed by atoms with Gasteiger partial charge in [-0.2, -0.15) is 0 Å². The van der Waals surface area contributed by atoms with E-state index in [4.69, 9.17) is 56.8 Å². The van der Waals surface area contributed by atoms with Crippen LogP contribution in [0.15, 0.2) is 0 Å².